The van der Waals surface area contributed by atoms with Crippen LogP contribution in [0.5, 0.6) is 0 Å². The van der Waals surface area contributed by atoms with Crippen LogP contribution in [0.2, 0.25) is 0 Å². The number of ketones is 2. The van der Waals surface area contributed by atoms with E-state index in [0.29, 0.717) is 25.7 Å². The first-order valence-corrected chi connectivity index (χ1v) is 15.6. The van der Waals surface area contributed by atoms with Crippen LogP contribution in [0.15, 0.2) is 23.8 Å². The summed E-state index contributed by atoms with van der Waals surface area (Å²) in [6.45, 7) is 7.48. The number of aliphatic hydroxyl groups excluding tert-OH is 1. The highest BCUT2D eigenvalue weighted by Crippen LogP contribution is 2.72. The van der Waals surface area contributed by atoms with Crippen LogP contribution < -0.4 is 0 Å². The highest BCUT2D eigenvalue weighted by molar-refractivity contribution is 6.26. The Labute approximate surface area is 247 Å². The van der Waals surface area contributed by atoms with E-state index in [-0.39, 0.29) is 36.6 Å². The Hall–Kier alpha value is -2.19. The van der Waals surface area contributed by atoms with Crippen LogP contribution in [0.25, 0.3) is 0 Å². The number of carbonyl (C=O) groups is 4. The summed E-state index contributed by atoms with van der Waals surface area (Å²) in [6, 6.07) is 0. The molecule has 0 saturated heterocycles. The molecule has 5 aliphatic carbocycles. The minimum atomic E-state index is -1.67. The quantitative estimate of drug-likeness (QED) is 0.213. The van der Waals surface area contributed by atoms with Gasteiger partial charge in [-0.05, 0) is 68.9 Å². The van der Waals surface area contributed by atoms with Gasteiger partial charge in [-0.2, -0.15) is 0 Å². The molecule has 0 radical (unpaired) electrons. The van der Waals surface area contributed by atoms with Gasteiger partial charge in [0.1, 0.15) is 0 Å². The molecule has 0 bridgehead atoms. The first kappa shape index (κ1) is 30.3. The van der Waals surface area contributed by atoms with Crippen LogP contribution in [0.1, 0.15) is 85.5 Å². The Bertz CT molecular complexity index is 1170. The van der Waals surface area contributed by atoms with Crippen molar-refractivity contribution in [3.63, 3.8) is 0 Å². The summed E-state index contributed by atoms with van der Waals surface area (Å²) in [5, 5.41) is 11.9. The van der Waals surface area contributed by atoms with Gasteiger partial charge in [-0.25, -0.2) is 4.79 Å². The van der Waals surface area contributed by atoms with Gasteiger partial charge < -0.3 is 19.3 Å². The number of ether oxygens (including phenoxy) is 3. The van der Waals surface area contributed by atoms with Crippen LogP contribution >= 0.6 is 11.6 Å². The maximum atomic E-state index is 14.2. The van der Waals surface area contributed by atoms with Gasteiger partial charge in [0.15, 0.2) is 18.0 Å². The Morgan fingerprint density at radius 1 is 1.10 bits per heavy atom. The number of fused-ring (bicyclic) bond motifs is 5. The summed E-state index contributed by atoms with van der Waals surface area (Å²) in [5.41, 5.74) is -2.50. The molecule has 4 fully saturated rings. The zero-order chi connectivity index (χ0) is 29.8. The molecule has 9 heteroatoms. The molecule has 1 N–H and O–H groups in total. The number of hydrogen-bond acceptors (Lipinski definition) is 8. The van der Waals surface area contributed by atoms with Crippen molar-refractivity contribution in [3.8, 4) is 0 Å². The number of Topliss-reactive ketones (excluding diaryl/α,β-unsaturated/α-hetero) is 1. The van der Waals surface area contributed by atoms with Crippen molar-refractivity contribution in [2.75, 3.05) is 13.2 Å². The summed E-state index contributed by atoms with van der Waals surface area (Å²) in [5.74, 6) is -2.02. The fourth-order valence-electron chi connectivity index (χ4n) is 8.75. The van der Waals surface area contributed by atoms with E-state index in [1.54, 1.807) is 6.08 Å². The van der Waals surface area contributed by atoms with E-state index in [4.69, 9.17) is 25.8 Å². The molecule has 5 rings (SSSR count). The largest absolute Gasteiger partial charge is 0.509 e. The number of halogens is 1. The Morgan fingerprint density at radius 3 is 2.51 bits per heavy atom. The molecule has 0 aromatic carbocycles. The minimum Gasteiger partial charge on any atom is -0.457 e. The predicted octanol–water partition coefficient (Wildman–Crippen LogP) is 5.48. The average molecular weight is 591 g/mol. The summed E-state index contributed by atoms with van der Waals surface area (Å²) in [7, 11) is 0. The maximum absolute atomic E-state index is 14.2. The number of hydrogen-bond donors (Lipinski definition) is 1. The number of allylic oxidation sites excluding steroid dienone is 4. The summed E-state index contributed by atoms with van der Waals surface area (Å²) in [6.07, 6.45) is 8.91. The van der Waals surface area contributed by atoms with Crippen molar-refractivity contribution in [2.24, 2.45) is 34.5 Å². The van der Waals surface area contributed by atoms with Crippen LogP contribution in [-0.4, -0.2) is 58.6 Å². The van der Waals surface area contributed by atoms with E-state index in [1.165, 1.54) is 6.08 Å². The van der Waals surface area contributed by atoms with Crippen molar-refractivity contribution >= 4 is 35.3 Å². The van der Waals surface area contributed by atoms with Gasteiger partial charge >= 0.3 is 12.1 Å². The molecule has 0 aliphatic heterocycles. The Balaban J connectivity index is 1.50. The predicted molar refractivity (Wildman–Crippen MR) is 151 cm³/mol. The number of esters is 1. The van der Waals surface area contributed by atoms with Crippen molar-refractivity contribution in [1.82, 2.24) is 0 Å². The van der Waals surface area contributed by atoms with E-state index in [1.807, 2.05) is 33.8 Å². The molecule has 0 heterocycles. The molecule has 5 aliphatic rings. The lowest BCUT2D eigenvalue weighted by Gasteiger charge is -2.64. The molecule has 4 saturated carbocycles. The monoisotopic (exact) mass is 590 g/mol. The van der Waals surface area contributed by atoms with Gasteiger partial charge in [-0.15, -0.1) is 11.6 Å². The highest BCUT2D eigenvalue weighted by Gasteiger charge is 2.76. The lowest BCUT2D eigenvalue weighted by molar-refractivity contribution is -0.187. The van der Waals surface area contributed by atoms with Gasteiger partial charge in [0, 0.05) is 16.7 Å². The lowest BCUT2D eigenvalue weighted by Crippen LogP contribution is -2.69. The lowest BCUT2D eigenvalue weighted by atomic mass is 9.45. The van der Waals surface area contributed by atoms with Crippen LogP contribution in [0.3, 0.4) is 0 Å². The van der Waals surface area contributed by atoms with Gasteiger partial charge in [0.05, 0.1) is 23.5 Å². The van der Waals surface area contributed by atoms with E-state index in [2.05, 4.69) is 0 Å². The van der Waals surface area contributed by atoms with Crippen molar-refractivity contribution in [2.45, 2.75) is 102 Å². The Morgan fingerprint density at radius 2 is 1.83 bits per heavy atom. The first-order valence-electron chi connectivity index (χ1n) is 15.2. The number of aliphatic hydroxyl groups is 1. The second-order valence-corrected chi connectivity index (χ2v) is 14.0. The molecule has 0 amide bonds. The third-order valence-electron chi connectivity index (χ3n) is 11.1. The van der Waals surface area contributed by atoms with E-state index < -0.39 is 57.8 Å². The van der Waals surface area contributed by atoms with Gasteiger partial charge in [0.2, 0.25) is 5.78 Å². The Kier molecular flexibility index (Phi) is 7.99. The summed E-state index contributed by atoms with van der Waals surface area (Å²) < 4.78 is 17.0. The number of rotatable bonds is 9. The van der Waals surface area contributed by atoms with Crippen LogP contribution in [-0.2, 0) is 28.6 Å². The molecule has 0 aromatic rings. The molecule has 0 spiro atoms. The first-order chi connectivity index (χ1) is 19.3. The minimum absolute atomic E-state index is 0.0861. The second kappa shape index (κ2) is 10.8. The summed E-state index contributed by atoms with van der Waals surface area (Å²) >= 11 is 7.55. The fraction of sp³-hybridized carbons (Fsp3) is 0.750. The maximum Gasteiger partial charge on any atom is 0.509 e. The molecular formula is C32H43ClO8. The number of carbonyl (C=O) groups excluding carboxylic acids is 4. The SMILES string of the molecule is CCCCCOC(=O)O[C@]1(C(=O)COC(=O)C2CC2)[C@H](C)C[C@H]2[C@@H]3CCC4=CC(=O)C=C[C@]4(C)[C@@]3(Cl)C(O)C[C@@]21C. The van der Waals surface area contributed by atoms with Crippen molar-refractivity contribution in [1.29, 1.82) is 0 Å². The van der Waals surface area contributed by atoms with E-state index in [9.17, 15) is 24.3 Å². The van der Waals surface area contributed by atoms with Gasteiger partial charge in [-0.1, -0.05) is 52.2 Å². The molecule has 1 unspecified atom stereocenters. The van der Waals surface area contributed by atoms with Crippen molar-refractivity contribution < 1.29 is 38.5 Å². The molecule has 8 nitrogen and oxygen atoms in total. The van der Waals surface area contributed by atoms with Crippen LogP contribution in [0, 0.1) is 34.5 Å². The third-order valence-corrected chi connectivity index (χ3v) is 12.0. The van der Waals surface area contributed by atoms with Crippen LogP contribution in [0.4, 0.5) is 4.79 Å². The van der Waals surface area contributed by atoms with E-state index >= 15 is 0 Å². The van der Waals surface area contributed by atoms with Crippen molar-refractivity contribution in [3.05, 3.63) is 23.8 Å². The number of alkyl halides is 1. The smallest absolute Gasteiger partial charge is 0.457 e. The molecule has 41 heavy (non-hydrogen) atoms. The molecular weight excluding hydrogens is 548 g/mol. The standard InChI is InChI=1S/C32H43ClO8/c1-5-6-7-14-39-28(38)41-32(26(36)18-40-27(37)20-8-9-20)19(2)15-24-23-11-10-21-16-22(34)12-13-29(21,3)31(23,33)25(35)17-30(24,32)4/h12-13,16,19-20,23-25,35H,5-11,14-15,17-18H2,1-4H3/t19-,23+,24+,25?,29+,30+,31+,32+/m1/s1. The topological polar surface area (TPSA) is 116 Å². The second-order valence-electron chi connectivity index (χ2n) is 13.3. The summed E-state index contributed by atoms with van der Waals surface area (Å²) in [4.78, 5) is 50.8. The molecule has 0 aromatic heterocycles. The molecule has 226 valence electrons. The number of unbranched alkanes of at least 4 members (excludes halogenated alkanes) is 2. The zero-order valence-corrected chi connectivity index (χ0v) is 25.3. The van der Waals surface area contributed by atoms with E-state index in [0.717, 1.165) is 31.3 Å². The fourth-order valence-corrected chi connectivity index (χ4v) is 9.27. The average Bonchev–Trinajstić information content (AvgIpc) is 3.75. The normalized spacial score (nSPS) is 41.0. The highest BCUT2D eigenvalue weighted by atomic mass is 35.5. The molecule has 8 atom stereocenters. The van der Waals surface area contributed by atoms with Gasteiger partial charge in [0.25, 0.3) is 0 Å². The third kappa shape index (κ3) is 4.59. The van der Waals surface area contributed by atoms with Gasteiger partial charge in [-0.3, -0.25) is 14.4 Å². The zero-order valence-electron chi connectivity index (χ0n) is 24.6.